The molecule has 7 nitrogen and oxygen atoms in total. The molecule has 2 N–H and O–H groups in total. The number of hydrogen-bond donors (Lipinski definition) is 2. The van der Waals surface area contributed by atoms with Gasteiger partial charge in [-0.3, -0.25) is 14.4 Å². The number of benzene rings is 2. The third-order valence-corrected chi connectivity index (χ3v) is 4.38. The van der Waals surface area contributed by atoms with Crippen molar-refractivity contribution in [3.8, 4) is 11.5 Å². The fraction of sp³-hybridized carbons (Fsp3) is 0.286. The molecule has 2 aromatic rings. The van der Waals surface area contributed by atoms with Gasteiger partial charge in [0.2, 0.25) is 5.91 Å². The van der Waals surface area contributed by atoms with Gasteiger partial charge in [0.05, 0.1) is 12.8 Å². The summed E-state index contributed by atoms with van der Waals surface area (Å²) >= 11 is 0. The summed E-state index contributed by atoms with van der Waals surface area (Å²) in [7, 11) is 1.61. The molecule has 0 spiro atoms. The molecule has 0 fully saturated rings. The summed E-state index contributed by atoms with van der Waals surface area (Å²) in [5.41, 5.74) is 1.98. The lowest BCUT2D eigenvalue weighted by Crippen LogP contribution is -2.26. The van der Waals surface area contributed by atoms with Crippen LogP contribution in [-0.4, -0.2) is 37.9 Å². The molecule has 1 aliphatic rings. The predicted molar refractivity (Wildman–Crippen MR) is 104 cm³/mol. The molecule has 0 saturated heterocycles. The largest absolute Gasteiger partial charge is 0.497 e. The molecular formula is C21H22N2O5. The first kappa shape index (κ1) is 19.4. The second-order valence-electron chi connectivity index (χ2n) is 6.42. The summed E-state index contributed by atoms with van der Waals surface area (Å²) in [6, 6.07) is 12.5. The first-order valence-corrected chi connectivity index (χ1v) is 9.04. The van der Waals surface area contributed by atoms with E-state index in [0.29, 0.717) is 30.0 Å². The molecule has 0 radical (unpaired) electrons. The van der Waals surface area contributed by atoms with Crippen molar-refractivity contribution in [2.45, 2.75) is 19.3 Å². The summed E-state index contributed by atoms with van der Waals surface area (Å²) in [5, 5.41) is 5.49. The van der Waals surface area contributed by atoms with E-state index in [-0.39, 0.29) is 37.0 Å². The highest BCUT2D eigenvalue weighted by Gasteiger charge is 2.18. The molecular weight excluding hydrogens is 360 g/mol. The second kappa shape index (κ2) is 9.03. The molecule has 0 bridgehead atoms. The Morgan fingerprint density at radius 1 is 1.18 bits per heavy atom. The first-order valence-electron chi connectivity index (χ1n) is 9.04. The van der Waals surface area contributed by atoms with Crippen LogP contribution in [-0.2, 0) is 16.0 Å². The summed E-state index contributed by atoms with van der Waals surface area (Å²) in [5.74, 6) is 0.719. The van der Waals surface area contributed by atoms with Crippen LogP contribution in [0.25, 0.3) is 0 Å². The number of anilines is 1. The van der Waals surface area contributed by atoms with Gasteiger partial charge >= 0.3 is 0 Å². The highest BCUT2D eigenvalue weighted by atomic mass is 16.5. The van der Waals surface area contributed by atoms with Gasteiger partial charge in [0.1, 0.15) is 11.5 Å². The van der Waals surface area contributed by atoms with Crippen molar-refractivity contribution in [2.24, 2.45) is 0 Å². The van der Waals surface area contributed by atoms with Crippen molar-refractivity contribution in [3.05, 3.63) is 53.6 Å². The van der Waals surface area contributed by atoms with Crippen LogP contribution in [0, 0.1) is 0 Å². The molecule has 1 aliphatic heterocycles. The van der Waals surface area contributed by atoms with Gasteiger partial charge in [0, 0.05) is 24.9 Å². The number of ketones is 1. The number of methoxy groups -OCH3 is 1. The zero-order chi connectivity index (χ0) is 19.9. The van der Waals surface area contributed by atoms with Crippen molar-refractivity contribution >= 4 is 23.3 Å². The van der Waals surface area contributed by atoms with E-state index in [1.165, 1.54) is 0 Å². The van der Waals surface area contributed by atoms with Gasteiger partial charge in [-0.1, -0.05) is 12.1 Å². The molecule has 1 heterocycles. The van der Waals surface area contributed by atoms with Crippen LogP contribution in [0.3, 0.4) is 0 Å². The number of Topliss-reactive ketones (excluding diaryl/α,β-unsaturated/α-hetero) is 1. The number of fused-ring (bicyclic) bond motifs is 1. The standard InChI is InChI=1S/C21H22N2O5/c1-27-16-4-2-3-14(11-16)9-10-22-20(25)8-6-18(24)15-5-7-19-17(12-15)23-21(26)13-28-19/h2-5,7,11-12H,6,8-10,13H2,1H3,(H,22,25)(H,23,26). The Morgan fingerprint density at radius 3 is 2.86 bits per heavy atom. The molecule has 0 aromatic heterocycles. The topological polar surface area (TPSA) is 93.7 Å². The number of hydrogen-bond acceptors (Lipinski definition) is 5. The van der Waals surface area contributed by atoms with Crippen LogP contribution in [0.2, 0.25) is 0 Å². The van der Waals surface area contributed by atoms with Crippen molar-refractivity contribution in [1.29, 1.82) is 0 Å². The fourth-order valence-electron chi connectivity index (χ4n) is 2.89. The zero-order valence-corrected chi connectivity index (χ0v) is 15.6. The normalized spacial score (nSPS) is 12.4. The van der Waals surface area contributed by atoms with Gasteiger partial charge in [0.15, 0.2) is 12.4 Å². The van der Waals surface area contributed by atoms with Crippen molar-refractivity contribution < 1.29 is 23.9 Å². The highest BCUT2D eigenvalue weighted by molar-refractivity contribution is 6.01. The molecule has 3 rings (SSSR count). The molecule has 0 unspecified atom stereocenters. The van der Waals surface area contributed by atoms with Crippen LogP contribution >= 0.6 is 0 Å². The Kier molecular flexibility index (Phi) is 6.26. The van der Waals surface area contributed by atoms with Crippen LogP contribution in [0.15, 0.2) is 42.5 Å². The van der Waals surface area contributed by atoms with Gasteiger partial charge in [0.25, 0.3) is 5.91 Å². The molecule has 2 amide bonds. The Hall–Kier alpha value is -3.35. The Balaban J connectivity index is 1.44. The lowest BCUT2D eigenvalue weighted by molar-refractivity contribution is -0.121. The summed E-state index contributed by atoms with van der Waals surface area (Å²) in [6.07, 6.45) is 0.886. The van der Waals surface area contributed by atoms with Crippen molar-refractivity contribution in [1.82, 2.24) is 5.32 Å². The highest BCUT2D eigenvalue weighted by Crippen LogP contribution is 2.28. The molecule has 0 saturated carbocycles. The van der Waals surface area contributed by atoms with E-state index in [1.54, 1.807) is 25.3 Å². The second-order valence-corrected chi connectivity index (χ2v) is 6.42. The minimum atomic E-state index is -0.257. The first-order chi connectivity index (χ1) is 13.5. The number of carbonyl (C=O) groups is 3. The summed E-state index contributed by atoms with van der Waals surface area (Å²) < 4.78 is 10.4. The van der Waals surface area contributed by atoms with Crippen LogP contribution in [0.1, 0.15) is 28.8 Å². The maximum absolute atomic E-state index is 12.3. The summed E-state index contributed by atoms with van der Waals surface area (Å²) in [6.45, 7) is 0.457. The van der Waals surface area contributed by atoms with Crippen LogP contribution in [0.5, 0.6) is 11.5 Å². The summed E-state index contributed by atoms with van der Waals surface area (Å²) in [4.78, 5) is 35.7. The number of amides is 2. The molecule has 0 atom stereocenters. The average molecular weight is 382 g/mol. The van der Waals surface area contributed by atoms with Gasteiger partial charge in [-0.25, -0.2) is 0 Å². The number of rotatable bonds is 8. The predicted octanol–water partition coefficient (Wildman–Crippen LogP) is 2.35. The van der Waals surface area contributed by atoms with Gasteiger partial charge < -0.3 is 20.1 Å². The lowest BCUT2D eigenvalue weighted by atomic mass is 10.0. The molecule has 7 heteroatoms. The minimum absolute atomic E-state index is 0.0315. The average Bonchev–Trinajstić information content (AvgIpc) is 2.71. The molecule has 146 valence electrons. The minimum Gasteiger partial charge on any atom is -0.497 e. The maximum Gasteiger partial charge on any atom is 0.262 e. The smallest absolute Gasteiger partial charge is 0.262 e. The maximum atomic E-state index is 12.3. The van der Waals surface area contributed by atoms with Gasteiger partial charge in [-0.05, 0) is 42.3 Å². The van der Waals surface area contributed by atoms with Crippen LogP contribution < -0.4 is 20.1 Å². The SMILES string of the molecule is COc1cccc(CCNC(=O)CCC(=O)c2ccc3c(c2)NC(=O)CO3)c1. The van der Waals surface area contributed by atoms with E-state index in [0.717, 1.165) is 11.3 Å². The van der Waals surface area contributed by atoms with E-state index >= 15 is 0 Å². The Bertz CT molecular complexity index is 894. The third-order valence-electron chi connectivity index (χ3n) is 4.38. The molecule has 28 heavy (non-hydrogen) atoms. The number of carbonyl (C=O) groups excluding carboxylic acids is 3. The van der Waals surface area contributed by atoms with Crippen molar-refractivity contribution in [3.63, 3.8) is 0 Å². The van der Waals surface area contributed by atoms with E-state index < -0.39 is 0 Å². The van der Waals surface area contributed by atoms with Crippen LogP contribution in [0.4, 0.5) is 5.69 Å². The van der Waals surface area contributed by atoms with E-state index in [1.807, 2.05) is 24.3 Å². The molecule has 2 aromatic carbocycles. The van der Waals surface area contributed by atoms with E-state index in [9.17, 15) is 14.4 Å². The monoisotopic (exact) mass is 382 g/mol. The fourth-order valence-corrected chi connectivity index (χ4v) is 2.89. The van der Waals surface area contributed by atoms with Crippen molar-refractivity contribution in [2.75, 3.05) is 25.6 Å². The van der Waals surface area contributed by atoms with E-state index in [4.69, 9.17) is 9.47 Å². The Labute approximate surface area is 163 Å². The lowest BCUT2D eigenvalue weighted by Gasteiger charge is -2.18. The number of nitrogens with one attached hydrogen (secondary N) is 2. The zero-order valence-electron chi connectivity index (χ0n) is 15.6. The Morgan fingerprint density at radius 2 is 2.04 bits per heavy atom. The quantitative estimate of drug-likeness (QED) is 0.684. The van der Waals surface area contributed by atoms with Gasteiger partial charge in [-0.15, -0.1) is 0 Å². The van der Waals surface area contributed by atoms with E-state index in [2.05, 4.69) is 10.6 Å². The third kappa shape index (κ3) is 5.09. The van der Waals surface area contributed by atoms with Gasteiger partial charge in [-0.2, -0.15) is 0 Å². The molecule has 0 aliphatic carbocycles. The number of ether oxygens (including phenoxy) is 2.